The maximum atomic E-state index is 5.61. The van der Waals surface area contributed by atoms with E-state index in [1.165, 1.54) is 0 Å². The number of aryl methyl sites for hydroxylation is 1. The third-order valence-electron chi connectivity index (χ3n) is 2.58. The van der Waals surface area contributed by atoms with Gasteiger partial charge in [0.1, 0.15) is 0 Å². The van der Waals surface area contributed by atoms with Gasteiger partial charge in [0.25, 0.3) is 0 Å². The Kier molecular flexibility index (Phi) is 4.95. The number of benzene rings is 1. The Labute approximate surface area is 127 Å². The molecule has 1 heterocycles. The lowest BCUT2D eigenvalue weighted by molar-refractivity contribution is 0.232. The van der Waals surface area contributed by atoms with E-state index in [1.54, 1.807) is 0 Å². The minimum Gasteiger partial charge on any atom is -0.475 e. The number of nitrogens with one attached hydrogen (secondary N) is 1. The van der Waals surface area contributed by atoms with Crippen molar-refractivity contribution in [2.45, 2.75) is 33.4 Å². The second-order valence-corrected chi connectivity index (χ2v) is 5.64. The number of rotatable bonds is 5. The molecule has 0 saturated heterocycles. The first-order valence-electron chi connectivity index (χ1n) is 6.54. The van der Waals surface area contributed by atoms with E-state index in [2.05, 4.69) is 37.3 Å². The molecule has 5 heteroatoms. The Hall–Kier alpha value is -1.62. The molecule has 2 aromatic rings. The molecule has 0 bridgehead atoms. The van der Waals surface area contributed by atoms with E-state index in [1.807, 2.05) is 45.0 Å². The maximum Gasteiger partial charge on any atom is 0.226 e. The van der Waals surface area contributed by atoms with Crippen LogP contribution in [0.2, 0.25) is 0 Å². The fourth-order valence-corrected chi connectivity index (χ4v) is 2.16. The van der Waals surface area contributed by atoms with Gasteiger partial charge in [-0.3, -0.25) is 0 Å². The fourth-order valence-electron chi connectivity index (χ4n) is 1.74. The van der Waals surface area contributed by atoms with Crippen LogP contribution in [0.1, 0.15) is 25.1 Å². The monoisotopic (exact) mass is 335 g/mol. The third-order valence-corrected chi connectivity index (χ3v) is 3.36. The van der Waals surface area contributed by atoms with Gasteiger partial charge in [-0.15, -0.1) is 0 Å². The smallest absolute Gasteiger partial charge is 0.226 e. The largest absolute Gasteiger partial charge is 0.475 e. The van der Waals surface area contributed by atoms with Crippen molar-refractivity contribution in [3.63, 3.8) is 0 Å². The van der Waals surface area contributed by atoms with Gasteiger partial charge in [0.2, 0.25) is 11.8 Å². The van der Waals surface area contributed by atoms with Gasteiger partial charge >= 0.3 is 0 Å². The van der Waals surface area contributed by atoms with Gasteiger partial charge in [0.15, 0.2) is 0 Å². The van der Waals surface area contributed by atoms with Crippen molar-refractivity contribution in [2.75, 3.05) is 5.32 Å². The second kappa shape index (κ2) is 6.70. The molecule has 20 heavy (non-hydrogen) atoms. The summed E-state index contributed by atoms with van der Waals surface area (Å²) >= 11 is 3.53. The molecular weight excluding hydrogens is 318 g/mol. The van der Waals surface area contributed by atoms with Crippen molar-refractivity contribution >= 4 is 21.9 Å². The van der Waals surface area contributed by atoms with E-state index in [9.17, 15) is 0 Å². The molecule has 0 spiro atoms. The molecule has 0 radical (unpaired) electrons. The third kappa shape index (κ3) is 4.20. The minimum absolute atomic E-state index is 0.0976. The van der Waals surface area contributed by atoms with Gasteiger partial charge in [-0.05, 0) is 32.4 Å². The van der Waals surface area contributed by atoms with Gasteiger partial charge in [-0.1, -0.05) is 34.1 Å². The zero-order valence-electron chi connectivity index (χ0n) is 11.9. The lowest BCUT2D eigenvalue weighted by Gasteiger charge is -2.12. The van der Waals surface area contributed by atoms with Crippen LogP contribution in [0.4, 0.5) is 5.95 Å². The average Bonchev–Trinajstić information content (AvgIpc) is 2.36. The van der Waals surface area contributed by atoms with Crippen LogP contribution in [0.5, 0.6) is 5.88 Å². The SMILES string of the molecule is Cc1cc(OC(C)C)nc(NCc2ccccc2Br)n1. The summed E-state index contributed by atoms with van der Waals surface area (Å²) in [4.78, 5) is 8.73. The van der Waals surface area contributed by atoms with Crippen molar-refractivity contribution in [1.29, 1.82) is 0 Å². The van der Waals surface area contributed by atoms with Crippen LogP contribution in [0.15, 0.2) is 34.8 Å². The Morgan fingerprint density at radius 1 is 1.25 bits per heavy atom. The molecule has 0 atom stereocenters. The fraction of sp³-hybridized carbons (Fsp3) is 0.333. The Bertz CT molecular complexity index is 587. The topological polar surface area (TPSA) is 47.0 Å². The van der Waals surface area contributed by atoms with Crippen LogP contribution in [0, 0.1) is 6.92 Å². The standard InChI is InChI=1S/C15H18BrN3O/c1-10(2)20-14-8-11(3)18-15(19-14)17-9-12-6-4-5-7-13(12)16/h4-8,10H,9H2,1-3H3,(H,17,18,19). The van der Waals surface area contributed by atoms with Crippen molar-refractivity contribution < 1.29 is 4.74 Å². The van der Waals surface area contributed by atoms with E-state index >= 15 is 0 Å². The zero-order valence-corrected chi connectivity index (χ0v) is 13.4. The summed E-state index contributed by atoms with van der Waals surface area (Å²) < 4.78 is 6.68. The highest BCUT2D eigenvalue weighted by Crippen LogP contribution is 2.18. The summed E-state index contributed by atoms with van der Waals surface area (Å²) in [6, 6.07) is 9.90. The molecule has 1 aromatic carbocycles. The molecule has 0 aliphatic carbocycles. The van der Waals surface area contributed by atoms with Crippen molar-refractivity contribution in [3.05, 3.63) is 46.1 Å². The van der Waals surface area contributed by atoms with Crippen LogP contribution in [0.25, 0.3) is 0 Å². The van der Waals surface area contributed by atoms with E-state index in [-0.39, 0.29) is 6.10 Å². The van der Waals surface area contributed by atoms with Gasteiger partial charge in [0.05, 0.1) is 6.10 Å². The lowest BCUT2D eigenvalue weighted by Crippen LogP contribution is -2.10. The molecule has 0 amide bonds. The summed E-state index contributed by atoms with van der Waals surface area (Å²) in [6.45, 7) is 6.54. The van der Waals surface area contributed by atoms with Crippen LogP contribution in [0.3, 0.4) is 0 Å². The number of aromatic nitrogens is 2. The molecule has 0 unspecified atom stereocenters. The van der Waals surface area contributed by atoms with E-state index in [0.717, 1.165) is 15.7 Å². The first-order valence-corrected chi connectivity index (χ1v) is 7.33. The molecule has 0 aliphatic rings. The summed E-state index contributed by atoms with van der Waals surface area (Å²) in [6.07, 6.45) is 0.0976. The summed E-state index contributed by atoms with van der Waals surface area (Å²) in [5, 5.41) is 3.22. The van der Waals surface area contributed by atoms with E-state index in [4.69, 9.17) is 4.74 Å². The molecular formula is C15H18BrN3O. The summed E-state index contributed by atoms with van der Waals surface area (Å²) in [5.41, 5.74) is 2.04. The van der Waals surface area contributed by atoms with Gasteiger partial charge in [-0.2, -0.15) is 4.98 Å². The molecule has 0 fully saturated rings. The molecule has 2 rings (SSSR count). The molecule has 0 saturated carbocycles. The highest BCUT2D eigenvalue weighted by molar-refractivity contribution is 9.10. The Morgan fingerprint density at radius 3 is 2.70 bits per heavy atom. The molecule has 1 N–H and O–H groups in total. The highest BCUT2D eigenvalue weighted by Gasteiger charge is 2.05. The zero-order chi connectivity index (χ0) is 14.5. The van der Waals surface area contributed by atoms with Crippen LogP contribution < -0.4 is 10.1 Å². The first kappa shape index (κ1) is 14.8. The van der Waals surface area contributed by atoms with Crippen molar-refractivity contribution in [1.82, 2.24) is 9.97 Å². The minimum atomic E-state index is 0.0976. The number of nitrogens with zero attached hydrogens (tertiary/aromatic N) is 2. The number of hydrogen-bond donors (Lipinski definition) is 1. The Balaban J connectivity index is 2.09. The summed E-state index contributed by atoms with van der Waals surface area (Å²) in [5.74, 6) is 1.18. The van der Waals surface area contributed by atoms with Crippen molar-refractivity contribution in [2.24, 2.45) is 0 Å². The molecule has 4 nitrogen and oxygen atoms in total. The highest BCUT2D eigenvalue weighted by atomic mass is 79.9. The quantitative estimate of drug-likeness (QED) is 0.898. The van der Waals surface area contributed by atoms with Crippen LogP contribution in [-0.4, -0.2) is 16.1 Å². The predicted octanol–water partition coefficient (Wildman–Crippen LogP) is 3.95. The molecule has 106 valence electrons. The van der Waals surface area contributed by atoms with Gasteiger partial charge < -0.3 is 10.1 Å². The van der Waals surface area contributed by atoms with E-state index < -0.39 is 0 Å². The van der Waals surface area contributed by atoms with Crippen molar-refractivity contribution in [3.8, 4) is 5.88 Å². The van der Waals surface area contributed by atoms with E-state index in [0.29, 0.717) is 18.4 Å². The van der Waals surface area contributed by atoms with Crippen LogP contribution in [-0.2, 0) is 6.54 Å². The predicted molar refractivity (Wildman–Crippen MR) is 84.0 cm³/mol. The number of hydrogen-bond acceptors (Lipinski definition) is 4. The maximum absolute atomic E-state index is 5.61. The Morgan fingerprint density at radius 2 is 2.00 bits per heavy atom. The normalized spacial score (nSPS) is 10.7. The average molecular weight is 336 g/mol. The number of halogens is 1. The van der Waals surface area contributed by atoms with Crippen LogP contribution >= 0.6 is 15.9 Å². The molecule has 1 aromatic heterocycles. The summed E-state index contributed by atoms with van der Waals surface area (Å²) in [7, 11) is 0. The van der Waals surface area contributed by atoms with Gasteiger partial charge in [0, 0.05) is 22.8 Å². The lowest BCUT2D eigenvalue weighted by atomic mass is 10.2. The van der Waals surface area contributed by atoms with Gasteiger partial charge in [-0.25, -0.2) is 4.98 Å². The number of anilines is 1. The second-order valence-electron chi connectivity index (χ2n) is 4.78. The first-order chi connectivity index (χ1) is 9.54. The number of ether oxygens (including phenoxy) is 1. The molecule has 0 aliphatic heterocycles.